The van der Waals surface area contributed by atoms with E-state index in [0.29, 0.717) is 13.1 Å². The molecular formula is C19H22IN5. The smallest absolute Gasteiger partial charge is 0.191 e. The topological polar surface area (TPSA) is 62.2 Å². The maximum atomic E-state index is 4.68. The highest BCUT2D eigenvalue weighted by Crippen LogP contribution is 2.16. The molecule has 2 aromatic heterocycles. The Labute approximate surface area is 165 Å². The van der Waals surface area contributed by atoms with Gasteiger partial charge in [-0.25, -0.2) is 4.99 Å². The molecule has 0 aliphatic carbocycles. The molecule has 25 heavy (non-hydrogen) atoms. The number of aliphatic imine (C=N–C) groups is 1. The van der Waals surface area contributed by atoms with Crippen molar-refractivity contribution in [2.45, 2.75) is 20.0 Å². The molecular weight excluding hydrogens is 425 g/mol. The molecule has 0 spiro atoms. The number of rotatable bonds is 5. The van der Waals surface area contributed by atoms with E-state index < -0.39 is 0 Å². The molecule has 0 amide bonds. The van der Waals surface area contributed by atoms with Crippen molar-refractivity contribution >= 4 is 40.8 Å². The van der Waals surface area contributed by atoms with Crippen LogP contribution in [0.25, 0.3) is 10.9 Å². The van der Waals surface area contributed by atoms with Crippen LogP contribution in [0.4, 0.5) is 0 Å². The fourth-order valence-electron chi connectivity index (χ4n) is 2.48. The molecule has 6 heteroatoms. The van der Waals surface area contributed by atoms with Gasteiger partial charge in [0.25, 0.3) is 0 Å². The van der Waals surface area contributed by atoms with Gasteiger partial charge in [0.1, 0.15) is 0 Å². The number of halogens is 1. The van der Waals surface area contributed by atoms with Crippen LogP contribution in [0, 0.1) is 0 Å². The third-order valence-corrected chi connectivity index (χ3v) is 3.63. The minimum Gasteiger partial charge on any atom is -0.357 e. The van der Waals surface area contributed by atoms with Crippen LogP contribution in [-0.2, 0) is 13.1 Å². The number of nitrogens with zero attached hydrogens (tertiary/aromatic N) is 3. The molecule has 1 aromatic carbocycles. The number of nitrogens with one attached hydrogen (secondary N) is 2. The Morgan fingerprint density at radius 3 is 2.60 bits per heavy atom. The summed E-state index contributed by atoms with van der Waals surface area (Å²) >= 11 is 0. The number of aromatic nitrogens is 2. The zero-order valence-corrected chi connectivity index (χ0v) is 16.5. The van der Waals surface area contributed by atoms with E-state index in [1.54, 1.807) is 6.20 Å². The molecule has 0 radical (unpaired) electrons. The molecule has 0 atom stereocenters. The van der Waals surface area contributed by atoms with Gasteiger partial charge in [-0.15, -0.1) is 24.0 Å². The van der Waals surface area contributed by atoms with E-state index in [-0.39, 0.29) is 24.0 Å². The minimum absolute atomic E-state index is 0. The minimum atomic E-state index is 0. The summed E-state index contributed by atoms with van der Waals surface area (Å²) in [7, 11) is 0. The summed E-state index contributed by atoms with van der Waals surface area (Å²) in [6.07, 6.45) is 3.61. The van der Waals surface area contributed by atoms with Gasteiger partial charge < -0.3 is 10.6 Å². The summed E-state index contributed by atoms with van der Waals surface area (Å²) in [5, 5.41) is 7.71. The number of fused-ring (bicyclic) bond motifs is 1. The number of guanidine groups is 1. The van der Waals surface area contributed by atoms with Gasteiger partial charge in [0.2, 0.25) is 0 Å². The Bertz CT molecular complexity index is 815. The first-order valence-electron chi connectivity index (χ1n) is 8.11. The summed E-state index contributed by atoms with van der Waals surface area (Å²) in [5.74, 6) is 0.774. The summed E-state index contributed by atoms with van der Waals surface area (Å²) in [6.45, 7) is 4.08. The summed E-state index contributed by atoms with van der Waals surface area (Å²) < 4.78 is 0. The Hall–Kier alpha value is -2.22. The number of hydrogen-bond acceptors (Lipinski definition) is 3. The van der Waals surface area contributed by atoms with E-state index in [2.05, 4.69) is 50.7 Å². The predicted octanol–water partition coefficient (Wildman–Crippen LogP) is 3.50. The second-order valence-corrected chi connectivity index (χ2v) is 5.36. The highest BCUT2D eigenvalue weighted by molar-refractivity contribution is 14.0. The molecule has 2 heterocycles. The van der Waals surface area contributed by atoms with Crippen molar-refractivity contribution in [1.82, 2.24) is 20.6 Å². The van der Waals surface area contributed by atoms with Crippen molar-refractivity contribution in [3.8, 4) is 0 Å². The van der Waals surface area contributed by atoms with Crippen LogP contribution in [0.5, 0.6) is 0 Å². The van der Waals surface area contributed by atoms with E-state index in [9.17, 15) is 0 Å². The van der Waals surface area contributed by atoms with Crippen molar-refractivity contribution in [1.29, 1.82) is 0 Å². The average Bonchev–Trinajstić information content (AvgIpc) is 2.65. The normalized spacial score (nSPS) is 11.0. The molecule has 0 unspecified atom stereocenters. The van der Waals surface area contributed by atoms with Crippen molar-refractivity contribution in [2.75, 3.05) is 6.54 Å². The first-order chi connectivity index (χ1) is 11.9. The lowest BCUT2D eigenvalue weighted by atomic mass is 10.1. The van der Waals surface area contributed by atoms with Crippen molar-refractivity contribution in [3.05, 3.63) is 72.2 Å². The second-order valence-electron chi connectivity index (χ2n) is 5.36. The number of benzene rings is 1. The SMILES string of the molecule is CCNC(=NCc1cccc2cccnc12)NCc1ccccn1.I. The van der Waals surface area contributed by atoms with Gasteiger partial charge in [-0.05, 0) is 30.7 Å². The molecule has 0 fully saturated rings. The molecule has 5 nitrogen and oxygen atoms in total. The van der Waals surface area contributed by atoms with Crippen molar-refractivity contribution in [3.63, 3.8) is 0 Å². The van der Waals surface area contributed by atoms with E-state index >= 15 is 0 Å². The molecule has 0 saturated carbocycles. The van der Waals surface area contributed by atoms with Crippen LogP contribution in [-0.4, -0.2) is 22.5 Å². The fraction of sp³-hybridized carbons (Fsp3) is 0.211. The Kier molecular flexibility index (Phi) is 7.59. The van der Waals surface area contributed by atoms with Gasteiger partial charge in [0.05, 0.1) is 24.3 Å². The lowest BCUT2D eigenvalue weighted by Crippen LogP contribution is -2.37. The van der Waals surface area contributed by atoms with Gasteiger partial charge in [-0.3, -0.25) is 9.97 Å². The van der Waals surface area contributed by atoms with Gasteiger partial charge in [0.15, 0.2) is 5.96 Å². The summed E-state index contributed by atoms with van der Waals surface area (Å²) in [5.41, 5.74) is 3.10. The standard InChI is InChI=1S/C19H21N5.HI/c1-2-20-19(24-14-17-10-3-4-11-21-17)23-13-16-8-5-7-15-9-6-12-22-18(15)16;/h3-12H,2,13-14H2,1H3,(H2,20,23,24);1H. The monoisotopic (exact) mass is 447 g/mol. The van der Waals surface area contributed by atoms with E-state index in [0.717, 1.165) is 34.7 Å². The molecule has 0 bridgehead atoms. The van der Waals surface area contributed by atoms with Gasteiger partial charge in [-0.1, -0.05) is 30.3 Å². The lowest BCUT2D eigenvalue weighted by Gasteiger charge is -2.11. The maximum Gasteiger partial charge on any atom is 0.191 e. The van der Waals surface area contributed by atoms with Gasteiger partial charge in [0, 0.05) is 24.3 Å². The largest absolute Gasteiger partial charge is 0.357 e. The lowest BCUT2D eigenvalue weighted by molar-refractivity contribution is 0.800. The molecule has 130 valence electrons. The first kappa shape index (κ1) is 19.1. The van der Waals surface area contributed by atoms with Crippen LogP contribution >= 0.6 is 24.0 Å². The van der Waals surface area contributed by atoms with Crippen LogP contribution in [0.2, 0.25) is 0 Å². The Balaban J connectivity index is 0.00000225. The zero-order chi connectivity index (χ0) is 16.6. The van der Waals surface area contributed by atoms with Crippen LogP contribution in [0.1, 0.15) is 18.2 Å². The second kappa shape index (κ2) is 9.93. The summed E-state index contributed by atoms with van der Waals surface area (Å²) in [4.78, 5) is 13.5. The van der Waals surface area contributed by atoms with Gasteiger partial charge >= 0.3 is 0 Å². The quantitative estimate of drug-likeness (QED) is 0.357. The molecule has 0 saturated heterocycles. The summed E-state index contributed by atoms with van der Waals surface area (Å²) in [6, 6.07) is 16.1. The Morgan fingerprint density at radius 2 is 1.80 bits per heavy atom. The van der Waals surface area contributed by atoms with Crippen molar-refractivity contribution in [2.24, 2.45) is 4.99 Å². The fourth-order valence-corrected chi connectivity index (χ4v) is 2.48. The van der Waals surface area contributed by atoms with Crippen LogP contribution < -0.4 is 10.6 Å². The third-order valence-electron chi connectivity index (χ3n) is 3.63. The number of para-hydroxylation sites is 1. The Morgan fingerprint density at radius 1 is 0.960 bits per heavy atom. The van der Waals surface area contributed by atoms with E-state index in [1.807, 2.05) is 36.5 Å². The van der Waals surface area contributed by atoms with Gasteiger partial charge in [-0.2, -0.15) is 0 Å². The first-order valence-corrected chi connectivity index (χ1v) is 8.11. The van der Waals surface area contributed by atoms with Crippen LogP contribution in [0.3, 0.4) is 0 Å². The molecule has 3 aromatic rings. The molecule has 3 rings (SSSR count). The highest BCUT2D eigenvalue weighted by atomic mass is 127. The molecule has 2 N–H and O–H groups in total. The maximum absolute atomic E-state index is 4.68. The highest BCUT2D eigenvalue weighted by Gasteiger charge is 2.03. The third kappa shape index (κ3) is 5.38. The number of hydrogen-bond donors (Lipinski definition) is 2. The van der Waals surface area contributed by atoms with Crippen LogP contribution in [0.15, 0.2) is 65.9 Å². The van der Waals surface area contributed by atoms with E-state index in [4.69, 9.17) is 0 Å². The molecule has 0 aliphatic rings. The zero-order valence-electron chi connectivity index (χ0n) is 14.1. The van der Waals surface area contributed by atoms with E-state index in [1.165, 1.54) is 0 Å². The number of pyridine rings is 2. The average molecular weight is 447 g/mol. The van der Waals surface area contributed by atoms with Crippen molar-refractivity contribution < 1.29 is 0 Å². The molecule has 0 aliphatic heterocycles. The predicted molar refractivity (Wildman–Crippen MR) is 113 cm³/mol.